The second-order valence-electron chi connectivity index (χ2n) is 4.95. The molecule has 0 saturated carbocycles. The van der Waals surface area contributed by atoms with Crippen LogP contribution in [0.25, 0.3) is 0 Å². The summed E-state index contributed by atoms with van der Waals surface area (Å²) in [7, 11) is 0. The molecule has 19 heavy (non-hydrogen) atoms. The van der Waals surface area contributed by atoms with E-state index in [-0.39, 0.29) is 18.3 Å². The van der Waals surface area contributed by atoms with E-state index in [0.717, 1.165) is 10.8 Å². The summed E-state index contributed by atoms with van der Waals surface area (Å²) in [6, 6.07) is 7.88. The van der Waals surface area contributed by atoms with Crippen LogP contribution in [-0.4, -0.2) is 30.7 Å². The first kappa shape index (κ1) is 16.8. The van der Waals surface area contributed by atoms with Gasteiger partial charge in [-0.15, -0.1) is 11.8 Å². The maximum atomic E-state index is 5.87. The first-order valence-corrected chi connectivity index (χ1v) is 7.99. The Labute approximate surface area is 125 Å². The van der Waals surface area contributed by atoms with Gasteiger partial charge in [-0.3, -0.25) is 0 Å². The predicted molar refractivity (Wildman–Crippen MR) is 83.3 cm³/mol. The summed E-state index contributed by atoms with van der Waals surface area (Å²) >= 11 is 7.64. The van der Waals surface area contributed by atoms with E-state index in [4.69, 9.17) is 21.1 Å². The quantitative estimate of drug-likeness (QED) is 0.651. The lowest BCUT2D eigenvalue weighted by atomic mass is 10.4. The lowest BCUT2D eigenvalue weighted by Crippen LogP contribution is -2.27. The molecule has 0 aliphatic rings. The Morgan fingerprint density at radius 3 is 2.21 bits per heavy atom. The second-order valence-corrected chi connectivity index (χ2v) is 6.48. The molecule has 0 aliphatic heterocycles. The standard InChI is InChI=1S/C15H23ClO2S/c1-11(2)17-9-14(18-12(3)4)10-19-15-7-5-13(16)6-8-15/h5-8,11-12,14H,9-10H2,1-4H3. The molecule has 0 fully saturated rings. The molecule has 0 aromatic heterocycles. The fourth-order valence-corrected chi connectivity index (χ4v) is 2.54. The van der Waals surface area contributed by atoms with Crippen LogP contribution in [0, 0.1) is 0 Å². The minimum atomic E-state index is 0.114. The SMILES string of the molecule is CC(C)OCC(CSc1ccc(Cl)cc1)OC(C)C. The summed E-state index contributed by atoms with van der Waals surface area (Å²) < 4.78 is 11.5. The van der Waals surface area contributed by atoms with Gasteiger partial charge in [0, 0.05) is 15.7 Å². The molecule has 0 amide bonds. The van der Waals surface area contributed by atoms with E-state index in [9.17, 15) is 0 Å². The van der Waals surface area contributed by atoms with Crippen molar-refractivity contribution < 1.29 is 9.47 Å². The zero-order valence-electron chi connectivity index (χ0n) is 12.1. The zero-order chi connectivity index (χ0) is 14.3. The minimum Gasteiger partial charge on any atom is -0.376 e. The minimum absolute atomic E-state index is 0.114. The first-order valence-electron chi connectivity index (χ1n) is 6.62. The molecule has 0 saturated heterocycles. The maximum absolute atomic E-state index is 5.87. The molecule has 0 spiro atoms. The Kier molecular flexibility index (Phi) is 7.84. The largest absolute Gasteiger partial charge is 0.376 e. The van der Waals surface area contributed by atoms with Crippen LogP contribution in [0.5, 0.6) is 0 Å². The first-order chi connectivity index (χ1) is 8.97. The van der Waals surface area contributed by atoms with Crippen LogP contribution in [0.2, 0.25) is 5.02 Å². The molecule has 1 aromatic rings. The molecule has 0 bridgehead atoms. The highest BCUT2D eigenvalue weighted by atomic mass is 35.5. The molecule has 1 aromatic carbocycles. The zero-order valence-corrected chi connectivity index (χ0v) is 13.6. The molecule has 1 rings (SSSR count). The second kappa shape index (κ2) is 8.85. The van der Waals surface area contributed by atoms with Gasteiger partial charge in [-0.2, -0.15) is 0 Å². The summed E-state index contributed by atoms with van der Waals surface area (Å²) in [5.74, 6) is 0.881. The Balaban J connectivity index is 2.44. The average molecular weight is 303 g/mol. The van der Waals surface area contributed by atoms with Crippen LogP contribution in [0.4, 0.5) is 0 Å². The third kappa shape index (κ3) is 7.83. The molecule has 0 N–H and O–H groups in total. The number of hydrogen-bond donors (Lipinski definition) is 0. The molecule has 0 heterocycles. The van der Waals surface area contributed by atoms with Gasteiger partial charge in [-0.1, -0.05) is 11.6 Å². The predicted octanol–water partition coefficient (Wildman–Crippen LogP) is 4.65. The summed E-state index contributed by atoms with van der Waals surface area (Å²) in [5, 5.41) is 0.766. The van der Waals surface area contributed by atoms with Crippen LogP contribution in [0.15, 0.2) is 29.2 Å². The average Bonchev–Trinajstić information content (AvgIpc) is 2.34. The molecule has 0 aliphatic carbocycles. The number of halogens is 1. The molecular formula is C15H23ClO2S. The summed E-state index contributed by atoms with van der Waals surface area (Å²) in [4.78, 5) is 1.20. The van der Waals surface area contributed by atoms with E-state index in [1.165, 1.54) is 4.90 Å². The summed E-state index contributed by atoms with van der Waals surface area (Å²) in [6.45, 7) is 8.82. The van der Waals surface area contributed by atoms with Crippen molar-refractivity contribution in [3.05, 3.63) is 29.3 Å². The number of thioether (sulfide) groups is 1. The fourth-order valence-electron chi connectivity index (χ4n) is 1.53. The van der Waals surface area contributed by atoms with E-state index < -0.39 is 0 Å². The van der Waals surface area contributed by atoms with Gasteiger partial charge < -0.3 is 9.47 Å². The Hall–Kier alpha value is -0.220. The molecule has 0 radical (unpaired) electrons. The van der Waals surface area contributed by atoms with Crippen molar-refractivity contribution in [1.29, 1.82) is 0 Å². The van der Waals surface area contributed by atoms with Crippen LogP contribution >= 0.6 is 23.4 Å². The lowest BCUT2D eigenvalue weighted by molar-refractivity contribution is -0.0472. The third-order valence-corrected chi connectivity index (χ3v) is 3.73. The van der Waals surface area contributed by atoms with Gasteiger partial charge in [0.25, 0.3) is 0 Å². The molecule has 108 valence electrons. The van der Waals surface area contributed by atoms with Crippen molar-refractivity contribution in [1.82, 2.24) is 0 Å². The molecule has 4 heteroatoms. The van der Waals surface area contributed by atoms with Gasteiger partial charge >= 0.3 is 0 Å². The normalized spacial score (nSPS) is 13.2. The van der Waals surface area contributed by atoms with Gasteiger partial charge in [-0.25, -0.2) is 0 Å². The van der Waals surface area contributed by atoms with Crippen LogP contribution < -0.4 is 0 Å². The van der Waals surface area contributed by atoms with Crippen molar-refractivity contribution >= 4 is 23.4 Å². The summed E-state index contributed by atoms with van der Waals surface area (Å²) in [5.41, 5.74) is 0. The van der Waals surface area contributed by atoms with Crippen molar-refractivity contribution in [2.24, 2.45) is 0 Å². The van der Waals surface area contributed by atoms with Gasteiger partial charge in [0.2, 0.25) is 0 Å². The lowest BCUT2D eigenvalue weighted by Gasteiger charge is -2.21. The Morgan fingerprint density at radius 1 is 1.05 bits per heavy atom. The summed E-state index contributed by atoms with van der Waals surface area (Å²) in [6.07, 6.45) is 0.563. The third-order valence-electron chi connectivity index (χ3n) is 2.33. The van der Waals surface area contributed by atoms with E-state index in [2.05, 4.69) is 13.8 Å². The maximum Gasteiger partial charge on any atom is 0.0905 e. The number of rotatable bonds is 8. The van der Waals surface area contributed by atoms with Crippen molar-refractivity contribution in [2.75, 3.05) is 12.4 Å². The van der Waals surface area contributed by atoms with E-state index >= 15 is 0 Å². The monoisotopic (exact) mass is 302 g/mol. The van der Waals surface area contributed by atoms with Gasteiger partial charge in [0.15, 0.2) is 0 Å². The highest BCUT2D eigenvalue weighted by molar-refractivity contribution is 7.99. The van der Waals surface area contributed by atoms with Crippen LogP contribution in [0.1, 0.15) is 27.7 Å². The number of ether oxygens (including phenoxy) is 2. The molecule has 1 unspecified atom stereocenters. The van der Waals surface area contributed by atoms with Crippen LogP contribution in [0.3, 0.4) is 0 Å². The highest BCUT2D eigenvalue weighted by Crippen LogP contribution is 2.22. The number of benzene rings is 1. The number of hydrogen-bond acceptors (Lipinski definition) is 3. The Bertz CT molecular complexity index is 352. The molecule has 1 atom stereocenters. The van der Waals surface area contributed by atoms with E-state index in [1.54, 1.807) is 11.8 Å². The van der Waals surface area contributed by atoms with E-state index in [0.29, 0.717) is 6.61 Å². The van der Waals surface area contributed by atoms with Gasteiger partial charge in [0.1, 0.15) is 0 Å². The Morgan fingerprint density at radius 2 is 1.68 bits per heavy atom. The molecule has 2 nitrogen and oxygen atoms in total. The highest BCUT2D eigenvalue weighted by Gasteiger charge is 2.13. The van der Waals surface area contributed by atoms with Crippen molar-refractivity contribution in [3.63, 3.8) is 0 Å². The van der Waals surface area contributed by atoms with Gasteiger partial charge in [-0.05, 0) is 52.0 Å². The van der Waals surface area contributed by atoms with Crippen molar-refractivity contribution in [3.8, 4) is 0 Å². The van der Waals surface area contributed by atoms with Crippen molar-refractivity contribution in [2.45, 2.75) is 50.9 Å². The fraction of sp³-hybridized carbons (Fsp3) is 0.600. The smallest absolute Gasteiger partial charge is 0.0905 e. The van der Waals surface area contributed by atoms with Crippen LogP contribution in [-0.2, 0) is 9.47 Å². The molecular weight excluding hydrogens is 280 g/mol. The van der Waals surface area contributed by atoms with Gasteiger partial charge in [0.05, 0.1) is 24.9 Å². The van der Waals surface area contributed by atoms with E-state index in [1.807, 2.05) is 38.1 Å². The topological polar surface area (TPSA) is 18.5 Å².